The number of halogens is 1. The first-order chi connectivity index (χ1) is 13.1. The normalized spacial score (nSPS) is 10.4. The number of likely N-dealkylation sites (N-methyl/N-ethyl adjacent to an activating group) is 1. The first-order valence-corrected chi connectivity index (χ1v) is 8.94. The van der Waals surface area contributed by atoms with Gasteiger partial charge in [0.1, 0.15) is 11.5 Å². The zero-order valence-corrected chi connectivity index (χ0v) is 15.7. The Hall–Kier alpha value is -2.99. The summed E-state index contributed by atoms with van der Waals surface area (Å²) in [6.07, 6.45) is 7.56. The minimum absolute atomic E-state index is 0.261. The van der Waals surface area contributed by atoms with E-state index in [1.165, 1.54) is 11.8 Å². The van der Waals surface area contributed by atoms with Gasteiger partial charge in [0, 0.05) is 37.6 Å². The Morgan fingerprint density at radius 3 is 2.44 bits per heavy atom. The van der Waals surface area contributed by atoms with Crippen molar-refractivity contribution in [2.75, 3.05) is 18.5 Å². The van der Waals surface area contributed by atoms with Gasteiger partial charge in [0.25, 0.3) is 5.91 Å². The molecule has 1 aromatic carbocycles. The molecule has 3 aromatic rings. The number of carbonyl (C=O) groups excluding carboxylic acids is 1. The van der Waals surface area contributed by atoms with E-state index in [0.717, 1.165) is 24.3 Å². The standard InChI is InChI=1S/C20H20ClN5O/c1-26(11-8-15-6-9-22-10-7-15)19-14-23-18(13-24-19)20(27)25-12-16-2-4-17(21)5-3-16/h2-7,9-10,13-14H,8,11-12H2,1H3,(H,25,27). The van der Waals surface area contributed by atoms with Crippen LogP contribution in [-0.4, -0.2) is 34.5 Å². The van der Waals surface area contributed by atoms with Gasteiger partial charge in [-0.25, -0.2) is 9.97 Å². The molecule has 7 heteroatoms. The smallest absolute Gasteiger partial charge is 0.271 e. The molecule has 6 nitrogen and oxygen atoms in total. The summed E-state index contributed by atoms with van der Waals surface area (Å²) in [6, 6.07) is 11.3. The lowest BCUT2D eigenvalue weighted by Crippen LogP contribution is -2.25. The molecule has 0 spiro atoms. The lowest BCUT2D eigenvalue weighted by molar-refractivity contribution is 0.0945. The van der Waals surface area contributed by atoms with Crippen LogP contribution in [0.2, 0.25) is 5.02 Å². The lowest BCUT2D eigenvalue weighted by Gasteiger charge is -2.17. The largest absolute Gasteiger partial charge is 0.358 e. The van der Waals surface area contributed by atoms with Gasteiger partial charge in [0.15, 0.2) is 0 Å². The SMILES string of the molecule is CN(CCc1ccncc1)c1cnc(C(=O)NCc2ccc(Cl)cc2)cn1. The molecule has 0 aliphatic rings. The average Bonchev–Trinajstić information content (AvgIpc) is 2.72. The van der Waals surface area contributed by atoms with Gasteiger partial charge >= 0.3 is 0 Å². The Morgan fingerprint density at radius 1 is 1.04 bits per heavy atom. The van der Waals surface area contributed by atoms with Crippen molar-refractivity contribution in [2.45, 2.75) is 13.0 Å². The number of aromatic nitrogens is 3. The Morgan fingerprint density at radius 2 is 1.78 bits per heavy atom. The summed E-state index contributed by atoms with van der Waals surface area (Å²) in [7, 11) is 1.95. The van der Waals surface area contributed by atoms with E-state index < -0.39 is 0 Å². The molecule has 1 N–H and O–H groups in total. The van der Waals surface area contributed by atoms with Crippen LogP contribution in [0.25, 0.3) is 0 Å². The first kappa shape index (κ1) is 18.8. The minimum atomic E-state index is -0.261. The van der Waals surface area contributed by atoms with Gasteiger partial charge in [-0.1, -0.05) is 23.7 Å². The molecule has 0 atom stereocenters. The molecule has 1 amide bonds. The maximum atomic E-state index is 12.2. The number of pyridine rings is 1. The number of hydrogen-bond acceptors (Lipinski definition) is 5. The molecule has 0 fully saturated rings. The Bertz CT molecular complexity index is 869. The van der Waals surface area contributed by atoms with Crippen molar-refractivity contribution in [3.63, 3.8) is 0 Å². The summed E-state index contributed by atoms with van der Waals surface area (Å²) < 4.78 is 0. The lowest BCUT2D eigenvalue weighted by atomic mass is 10.2. The molecule has 0 aliphatic carbocycles. The second-order valence-electron chi connectivity index (χ2n) is 6.10. The average molecular weight is 382 g/mol. The predicted molar refractivity (Wildman–Crippen MR) is 106 cm³/mol. The molecule has 0 bridgehead atoms. The van der Waals surface area contributed by atoms with Crippen LogP contribution in [-0.2, 0) is 13.0 Å². The van der Waals surface area contributed by atoms with Crippen LogP contribution in [0.1, 0.15) is 21.6 Å². The summed E-state index contributed by atoms with van der Waals surface area (Å²) >= 11 is 5.86. The van der Waals surface area contributed by atoms with Crippen molar-refractivity contribution in [3.8, 4) is 0 Å². The number of hydrogen-bond donors (Lipinski definition) is 1. The van der Waals surface area contributed by atoms with Crippen molar-refractivity contribution in [2.24, 2.45) is 0 Å². The maximum absolute atomic E-state index is 12.2. The molecular weight excluding hydrogens is 362 g/mol. The first-order valence-electron chi connectivity index (χ1n) is 8.56. The molecule has 2 aromatic heterocycles. The van der Waals surface area contributed by atoms with Crippen molar-refractivity contribution >= 4 is 23.3 Å². The summed E-state index contributed by atoms with van der Waals surface area (Å²) in [5.41, 5.74) is 2.46. The zero-order valence-electron chi connectivity index (χ0n) is 15.0. The second-order valence-corrected chi connectivity index (χ2v) is 6.53. The molecule has 3 rings (SSSR count). The Kier molecular flexibility index (Phi) is 6.33. The highest BCUT2D eigenvalue weighted by molar-refractivity contribution is 6.30. The van der Waals surface area contributed by atoms with E-state index in [0.29, 0.717) is 11.6 Å². The van der Waals surface area contributed by atoms with Crippen LogP contribution in [0.3, 0.4) is 0 Å². The minimum Gasteiger partial charge on any atom is -0.358 e. The highest BCUT2D eigenvalue weighted by Crippen LogP contribution is 2.10. The van der Waals surface area contributed by atoms with Gasteiger partial charge < -0.3 is 10.2 Å². The molecule has 0 radical (unpaired) electrons. The third-order valence-corrected chi connectivity index (χ3v) is 4.37. The highest BCUT2D eigenvalue weighted by Gasteiger charge is 2.10. The van der Waals surface area contributed by atoms with Crippen LogP contribution in [0.15, 0.2) is 61.2 Å². The fourth-order valence-corrected chi connectivity index (χ4v) is 2.60. The van der Waals surface area contributed by atoms with E-state index in [1.807, 2.05) is 36.2 Å². The van der Waals surface area contributed by atoms with Crippen molar-refractivity contribution in [3.05, 3.63) is 83.0 Å². The van der Waals surface area contributed by atoms with Crippen molar-refractivity contribution in [1.29, 1.82) is 0 Å². The van der Waals surface area contributed by atoms with Gasteiger partial charge in [0.05, 0.1) is 12.4 Å². The van der Waals surface area contributed by atoms with E-state index in [4.69, 9.17) is 11.6 Å². The van der Waals surface area contributed by atoms with E-state index in [2.05, 4.69) is 20.3 Å². The van der Waals surface area contributed by atoms with Gasteiger partial charge in [-0.2, -0.15) is 0 Å². The van der Waals surface area contributed by atoms with Crippen LogP contribution in [0, 0.1) is 0 Å². The molecular formula is C20H20ClN5O. The van der Waals surface area contributed by atoms with E-state index in [1.54, 1.807) is 30.7 Å². The van der Waals surface area contributed by atoms with Crippen LogP contribution in [0.4, 0.5) is 5.82 Å². The molecule has 2 heterocycles. The number of benzene rings is 1. The summed E-state index contributed by atoms with van der Waals surface area (Å²) in [6.45, 7) is 1.20. The van der Waals surface area contributed by atoms with Gasteiger partial charge in [0.2, 0.25) is 0 Å². The number of amides is 1. The maximum Gasteiger partial charge on any atom is 0.271 e. The van der Waals surface area contributed by atoms with Gasteiger partial charge in [-0.3, -0.25) is 9.78 Å². The quantitative estimate of drug-likeness (QED) is 0.680. The predicted octanol–water partition coefficient (Wildman–Crippen LogP) is 3.13. The molecule has 0 unspecified atom stereocenters. The summed E-state index contributed by atoms with van der Waals surface area (Å²) in [5.74, 6) is 0.460. The summed E-state index contributed by atoms with van der Waals surface area (Å²) in [5, 5.41) is 3.49. The molecule has 138 valence electrons. The fraction of sp³-hybridized carbons (Fsp3) is 0.200. The van der Waals surface area contributed by atoms with E-state index >= 15 is 0 Å². The van der Waals surface area contributed by atoms with E-state index in [-0.39, 0.29) is 11.6 Å². The number of rotatable bonds is 7. The zero-order chi connectivity index (χ0) is 19.1. The molecule has 27 heavy (non-hydrogen) atoms. The molecule has 0 saturated carbocycles. The Balaban J connectivity index is 1.52. The highest BCUT2D eigenvalue weighted by atomic mass is 35.5. The number of nitrogens with zero attached hydrogens (tertiary/aromatic N) is 4. The van der Waals surface area contributed by atoms with E-state index in [9.17, 15) is 4.79 Å². The molecule has 0 saturated heterocycles. The van der Waals surface area contributed by atoms with Crippen LogP contribution in [0.5, 0.6) is 0 Å². The molecule has 0 aliphatic heterocycles. The monoisotopic (exact) mass is 381 g/mol. The number of carbonyl (C=O) groups is 1. The van der Waals surface area contributed by atoms with Crippen molar-refractivity contribution < 1.29 is 4.79 Å². The fourth-order valence-electron chi connectivity index (χ4n) is 2.47. The summed E-state index contributed by atoms with van der Waals surface area (Å²) in [4.78, 5) is 26.8. The third kappa shape index (κ3) is 5.49. The van der Waals surface area contributed by atoms with Gasteiger partial charge in [-0.15, -0.1) is 0 Å². The Labute approximate surface area is 163 Å². The van der Waals surface area contributed by atoms with Crippen molar-refractivity contribution in [1.82, 2.24) is 20.3 Å². The number of nitrogens with one attached hydrogen (secondary N) is 1. The number of anilines is 1. The topological polar surface area (TPSA) is 71.0 Å². The third-order valence-electron chi connectivity index (χ3n) is 4.11. The van der Waals surface area contributed by atoms with Crippen LogP contribution >= 0.6 is 11.6 Å². The van der Waals surface area contributed by atoms with Crippen LogP contribution < -0.4 is 10.2 Å². The van der Waals surface area contributed by atoms with Gasteiger partial charge in [-0.05, 0) is 41.8 Å². The second kappa shape index (κ2) is 9.09.